The summed E-state index contributed by atoms with van der Waals surface area (Å²) in [6, 6.07) is 9.18. The fraction of sp³-hybridized carbons (Fsp3) is 0.0625. The smallest absolute Gasteiger partial charge is 0.347 e. The summed E-state index contributed by atoms with van der Waals surface area (Å²) in [5.41, 5.74) is -0.0859. The number of esters is 2. The number of rotatable bonds is 4. The van der Waals surface area contributed by atoms with Crippen molar-refractivity contribution in [3.8, 4) is 11.5 Å². The van der Waals surface area contributed by atoms with Gasteiger partial charge in [0.2, 0.25) is 0 Å². The maximum Gasteiger partial charge on any atom is 0.347 e. The van der Waals surface area contributed by atoms with Gasteiger partial charge in [-0.2, -0.15) is 0 Å². The molecular formula is C16H11FO5. The Morgan fingerprint density at radius 3 is 2.45 bits per heavy atom. The van der Waals surface area contributed by atoms with Crippen LogP contribution in [0.1, 0.15) is 27.6 Å². The summed E-state index contributed by atoms with van der Waals surface area (Å²) in [4.78, 5) is 34.1. The largest absolute Gasteiger partial charge is 0.426 e. The Labute approximate surface area is 125 Å². The summed E-state index contributed by atoms with van der Waals surface area (Å²) < 4.78 is 23.0. The van der Waals surface area contributed by atoms with Crippen LogP contribution in [0.2, 0.25) is 0 Å². The highest BCUT2D eigenvalue weighted by Gasteiger charge is 2.17. The first kappa shape index (κ1) is 15.4. The van der Waals surface area contributed by atoms with Crippen molar-refractivity contribution in [2.45, 2.75) is 6.92 Å². The van der Waals surface area contributed by atoms with Crippen LogP contribution in [0.3, 0.4) is 0 Å². The molecule has 0 atom stereocenters. The lowest BCUT2D eigenvalue weighted by molar-refractivity contribution is -0.131. The third kappa shape index (κ3) is 3.54. The average Bonchev–Trinajstić information content (AvgIpc) is 2.48. The van der Waals surface area contributed by atoms with Gasteiger partial charge in [0.1, 0.15) is 22.9 Å². The molecule has 0 N–H and O–H groups in total. The molecule has 0 unspecified atom stereocenters. The van der Waals surface area contributed by atoms with Crippen LogP contribution >= 0.6 is 0 Å². The Morgan fingerprint density at radius 2 is 1.77 bits per heavy atom. The van der Waals surface area contributed by atoms with E-state index in [9.17, 15) is 18.8 Å². The number of carbonyl (C=O) groups is 3. The lowest BCUT2D eigenvalue weighted by Crippen LogP contribution is -2.13. The van der Waals surface area contributed by atoms with Gasteiger partial charge in [0, 0.05) is 6.92 Å². The first-order valence-electron chi connectivity index (χ1n) is 6.25. The molecule has 2 aromatic carbocycles. The monoisotopic (exact) mass is 302 g/mol. The van der Waals surface area contributed by atoms with Crippen LogP contribution in [0.5, 0.6) is 11.5 Å². The lowest BCUT2D eigenvalue weighted by Gasteiger charge is -2.09. The highest BCUT2D eigenvalue weighted by molar-refractivity contribution is 5.95. The van der Waals surface area contributed by atoms with Crippen molar-refractivity contribution in [1.29, 1.82) is 0 Å². The summed E-state index contributed by atoms with van der Waals surface area (Å²) in [5.74, 6) is -2.09. The molecule has 0 spiro atoms. The molecule has 0 saturated heterocycles. The molecule has 22 heavy (non-hydrogen) atoms. The Hall–Kier alpha value is -3.02. The van der Waals surface area contributed by atoms with E-state index in [1.54, 1.807) is 12.1 Å². The molecule has 2 rings (SSSR count). The van der Waals surface area contributed by atoms with Crippen molar-refractivity contribution in [2.24, 2.45) is 0 Å². The molecule has 5 nitrogen and oxygen atoms in total. The van der Waals surface area contributed by atoms with Crippen LogP contribution in [0.25, 0.3) is 0 Å². The summed E-state index contributed by atoms with van der Waals surface area (Å²) in [5, 5.41) is 0. The van der Waals surface area contributed by atoms with E-state index >= 15 is 0 Å². The molecule has 0 aliphatic heterocycles. The topological polar surface area (TPSA) is 69.7 Å². The molecule has 0 radical (unpaired) electrons. The standard InChI is InChI=1S/C16H11FO5/c1-10(19)21-15-5-3-2-4-13(15)16(20)22-14-7-6-12(17)8-11(14)9-18/h2-9H,1H3. The van der Waals surface area contributed by atoms with Gasteiger partial charge in [-0.15, -0.1) is 0 Å². The highest BCUT2D eigenvalue weighted by Crippen LogP contribution is 2.23. The van der Waals surface area contributed by atoms with Crippen molar-refractivity contribution >= 4 is 18.2 Å². The second-order valence-electron chi connectivity index (χ2n) is 4.28. The average molecular weight is 302 g/mol. The molecule has 2 aromatic rings. The molecular weight excluding hydrogens is 291 g/mol. The van der Waals surface area contributed by atoms with Crippen LogP contribution < -0.4 is 9.47 Å². The minimum absolute atomic E-state index is 0.0128. The molecule has 0 fully saturated rings. The van der Waals surface area contributed by atoms with Crippen molar-refractivity contribution in [3.63, 3.8) is 0 Å². The van der Waals surface area contributed by atoms with E-state index in [4.69, 9.17) is 9.47 Å². The van der Waals surface area contributed by atoms with Crippen LogP contribution in [-0.2, 0) is 4.79 Å². The van der Waals surface area contributed by atoms with Gasteiger partial charge in [0.05, 0.1) is 5.56 Å². The highest BCUT2D eigenvalue weighted by atomic mass is 19.1. The van der Waals surface area contributed by atoms with Gasteiger partial charge in [-0.05, 0) is 30.3 Å². The maximum absolute atomic E-state index is 13.0. The second kappa shape index (κ2) is 6.62. The third-order valence-corrected chi connectivity index (χ3v) is 2.66. The van der Waals surface area contributed by atoms with E-state index in [0.717, 1.165) is 12.1 Å². The van der Waals surface area contributed by atoms with Crippen LogP contribution in [0.15, 0.2) is 42.5 Å². The number of ether oxygens (including phenoxy) is 2. The Balaban J connectivity index is 2.30. The fourth-order valence-electron chi connectivity index (χ4n) is 1.74. The number of hydrogen-bond acceptors (Lipinski definition) is 5. The summed E-state index contributed by atoms with van der Waals surface area (Å²) in [7, 11) is 0. The molecule has 112 valence electrons. The molecule has 0 bridgehead atoms. The molecule has 0 heterocycles. The molecule has 6 heteroatoms. The van der Waals surface area contributed by atoms with Crippen LogP contribution in [-0.4, -0.2) is 18.2 Å². The molecule has 0 amide bonds. The van der Waals surface area contributed by atoms with Crippen LogP contribution in [0, 0.1) is 5.82 Å². The SMILES string of the molecule is CC(=O)Oc1ccccc1C(=O)Oc1ccc(F)cc1C=O. The van der Waals surface area contributed by atoms with Crippen molar-refractivity contribution in [1.82, 2.24) is 0 Å². The van der Waals surface area contributed by atoms with Crippen molar-refractivity contribution < 1.29 is 28.2 Å². The second-order valence-corrected chi connectivity index (χ2v) is 4.28. The van der Waals surface area contributed by atoms with Gasteiger partial charge < -0.3 is 9.47 Å². The number of halogens is 1. The van der Waals surface area contributed by atoms with E-state index in [1.165, 1.54) is 25.1 Å². The number of carbonyl (C=O) groups excluding carboxylic acids is 3. The Bertz CT molecular complexity index is 739. The molecule has 0 aliphatic carbocycles. The van der Waals surface area contributed by atoms with E-state index in [1.807, 2.05) is 0 Å². The maximum atomic E-state index is 13.0. The van der Waals surface area contributed by atoms with Gasteiger partial charge in [0.25, 0.3) is 0 Å². The van der Waals surface area contributed by atoms with E-state index in [2.05, 4.69) is 0 Å². The van der Waals surface area contributed by atoms with Gasteiger partial charge in [0.15, 0.2) is 6.29 Å². The number of aldehydes is 1. The predicted molar refractivity (Wildman–Crippen MR) is 74.5 cm³/mol. The van der Waals surface area contributed by atoms with E-state index in [-0.39, 0.29) is 22.6 Å². The minimum Gasteiger partial charge on any atom is -0.426 e. The van der Waals surface area contributed by atoms with Gasteiger partial charge in [-0.25, -0.2) is 9.18 Å². The Kier molecular flexibility index (Phi) is 4.63. The molecule has 0 saturated carbocycles. The number of para-hydroxylation sites is 1. The fourth-order valence-corrected chi connectivity index (χ4v) is 1.74. The van der Waals surface area contributed by atoms with E-state index in [0.29, 0.717) is 6.29 Å². The van der Waals surface area contributed by atoms with Gasteiger partial charge >= 0.3 is 11.9 Å². The minimum atomic E-state index is -0.827. The summed E-state index contributed by atoms with van der Waals surface area (Å²) in [6.07, 6.45) is 0.379. The first-order chi connectivity index (χ1) is 10.5. The quantitative estimate of drug-likeness (QED) is 0.493. The lowest BCUT2D eigenvalue weighted by atomic mass is 10.2. The van der Waals surface area contributed by atoms with Crippen molar-refractivity contribution in [2.75, 3.05) is 0 Å². The number of hydrogen-bond donors (Lipinski definition) is 0. The van der Waals surface area contributed by atoms with Crippen molar-refractivity contribution in [3.05, 3.63) is 59.4 Å². The van der Waals surface area contributed by atoms with E-state index < -0.39 is 17.8 Å². The zero-order valence-electron chi connectivity index (χ0n) is 11.5. The normalized spacial score (nSPS) is 9.91. The zero-order valence-corrected chi connectivity index (χ0v) is 11.5. The summed E-state index contributed by atoms with van der Waals surface area (Å²) in [6.45, 7) is 1.20. The first-order valence-corrected chi connectivity index (χ1v) is 6.25. The zero-order chi connectivity index (χ0) is 16.1. The Morgan fingerprint density at radius 1 is 1.05 bits per heavy atom. The molecule has 0 aromatic heterocycles. The van der Waals surface area contributed by atoms with Crippen LogP contribution in [0.4, 0.5) is 4.39 Å². The summed E-state index contributed by atoms with van der Waals surface area (Å²) >= 11 is 0. The van der Waals surface area contributed by atoms with Gasteiger partial charge in [-0.3, -0.25) is 9.59 Å². The third-order valence-electron chi connectivity index (χ3n) is 2.66. The predicted octanol–water partition coefficient (Wildman–Crippen LogP) is 2.78. The van der Waals surface area contributed by atoms with Gasteiger partial charge in [-0.1, -0.05) is 12.1 Å². The molecule has 0 aliphatic rings. The number of benzene rings is 2.